The second kappa shape index (κ2) is 11.4. The summed E-state index contributed by atoms with van der Waals surface area (Å²) in [5.74, 6) is 0.449. The number of nitrogens with one attached hydrogen (secondary N) is 1. The second-order valence-electron chi connectivity index (χ2n) is 9.08. The first-order valence-electron chi connectivity index (χ1n) is 12.0. The zero-order chi connectivity index (χ0) is 24.0. The van der Waals surface area contributed by atoms with E-state index in [0.29, 0.717) is 44.2 Å². The molecule has 0 aromatic heterocycles. The predicted molar refractivity (Wildman–Crippen MR) is 134 cm³/mol. The zero-order valence-corrected chi connectivity index (χ0v) is 20.9. The number of amides is 1. The number of carbonyl (C=O) groups excluding carboxylic acids is 1. The molecule has 7 nitrogen and oxygen atoms in total. The van der Waals surface area contributed by atoms with Crippen LogP contribution in [0.4, 0.5) is 0 Å². The molecule has 2 aromatic rings. The minimum atomic E-state index is -1.15. The molecule has 1 amide bonds. The Morgan fingerprint density at radius 2 is 1.76 bits per heavy atom. The number of hydrogen-bond donors (Lipinski definition) is 1. The summed E-state index contributed by atoms with van der Waals surface area (Å²) in [5, 5.41) is 3.19. The van der Waals surface area contributed by atoms with E-state index >= 15 is 0 Å². The molecule has 2 fully saturated rings. The van der Waals surface area contributed by atoms with Crippen LogP contribution in [0.5, 0.6) is 5.75 Å². The van der Waals surface area contributed by atoms with Crippen molar-refractivity contribution in [3.63, 3.8) is 0 Å². The standard InChI is InChI=1S/C26H35N3O4S/c1-28(34(31)29-16-18-33-19-17-29)22-12-14-26(15-13-22,21-8-4-3-5-9-21)20-27-25(30)23-10-6-7-11-24(23)32-2/h3-11,22H,12-20H2,1-2H3,(H,27,30). The first kappa shape index (κ1) is 24.9. The van der Waals surface area contributed by atoms with E-state index in [0.717, 1.165) is 25.7 Å². The highest BCUT2D eigenvalue weighted by atomic mass is 32.2. The lowest BCUT2D eigenvalue weighted by Gasteiger charge is -2.43. The maximum atomic E-state index is 13.1. The molecule has 1 N–H and O–H groups in total. The van der Waals surface area contributed by atoms with Crippen molar-refractivity contribution in [3.8, 4) is 5.75 Å². The summed E-state index contributed by atoms with van der Waals surface area (Å²) in [6.07, 6.45) is 3.68. The van der Waals surface area contributed by atoms with Gasteiger partial charge in [0, 0.05) is 38.1 Å². The van der Waals surface area contributed by atoms with E-state index < -0.39 is 11.2 Å². The smallest absolute Gasteiger partial charge is 0.255 e. The largest absolute Gasteiger partial charge is 0.496 e. The third-order valence-corrected chi connectivity index (χ3v) is 8.79. The first-order chi connectivity index (χ1) is 16.5. The van der Waals surface area contributed by atoms with Crippen LogP contribution in [0.1, 0.15) is 41.6 Å². The molecular weight excluding hydrogens is 450 g/mol. The van der Waals surface area contributed by atoms with Gasteiger partial charge in [-0.05, 0) is 43.4 Å². The molecule has 2 aromatic carbocycles. The van der Waals surface area contributed by atoms with Crippen LogP contribution in [-0.4, -0.2) is 71.8 Å². The number of methoxy groups -OCH3 is 1. The van der Waals surface area contributed by atoms with Gasteiger partial charge in [-0.2, -0.15) is 0 Å². The average Bonchev–Trinajstić information content (AvgIpc) is 2.92. The number of benzene rings is 2. The van der Waals surface area contributed by atoms with Crippen LogP contribution in [0.15, 0.2) is 54.6 Å². The van der Waals surface area contributed by atoms with Crippen LogP contribution in [0.25, 0.3) is 0 Å². The lowest BCUT2D eigenvalue weighted by atomic mass is 9.68. The fourth-order valence-electron chi connectivity index (χ4n) is 5.07. The molecule has 8 heteroatoms. The van der Waals surface area contributed by atoms with E-state index in [1.807, 2.05) is 33.9 Å². The predicted octanol–water partition coefficient (Wildman–Crippen LogP) is 3.15. The van der Waals surface area contributed by atoms with Gasteiger partial charge in [-0.25, -0.2) is 12.8 Å². The molecule has 0 bridgehead atoms. The summed E-state index contributed by atoms with van der Waals surface area (Å²) >= 11 is -1.15. The van der Waals surface area contributed by atoms with E-state index in [1.54, 1.807) is 19.2 Å². The van der Waals surface area contributed by atoms with Crippen molar-refractivity contribution in [1.29, 1.82) is 0 Å². The van der Waals surface area contributed by atoms with E-state index in [1.165, 1.54) is 5.56 Å². The molecule has 1 unspecified atom stereocenters. The lowest BCUT2D eigenvalue weighted by Crippen LogP contribution is -2.50. The number of morpholine rings is 1. The summed E-state index contributed by atoms with van der Waals surface area (Å²) in [7, 11) is 3.55. The minimum absolute atomic E-state index is 0.125. The molecule has 1 heterocycles. The van der Waals surface area contributed by atoms with Gasteiger partial charge in [0.25, 0.3) is 5.91 Å². The van der Waals surface area contributed by atoms with Crippen molar-refractivity contribution < 1.29 is 18.5 Å². The Morgan fingerprint density at radius 1 is 1.12 bits per heavy atom. The van der Waals surface area contributed by atoms with Crippen molar-refractivity contribution in [3.05, 3.63) is 65.7 Å². The Morgan fingerprint density at radius 3 is 2.44 bits per heavy atom. The fourth-order valence-corrected chi connectivity index (χ4v) is 6.36. The number of rotatable bonds is 8. The Balaban J connectivity index is 1.45. The average molecular weight is 486 g/mol. The van der Waals surface area contributed by atoms with Crippen molar-refractivity contribution >= 4 is 17.1 Å². The molecule has 1 aliphatic carbocycles. The van der Waals surface area contributed by atoms with Crippen LogP contribution < -0.4 is 10.1 Å². The number of ether oxygens (including phenoxy) is 2. The summed E-state index contributed by atoms with van der Waals surface area (Å²) < 4.78 is 27.9. The van der Waals surface area contributed by atoms with Crippen LogP contribution in [0, 0.1) is 0 Å². The SMILES string of the molecule is COc1ccccc1C(=O)NCC1(c2ccccc2)CCC(N(C)S(=O)N2CCOCC2)CC1. The molecule has 4 rings (SSSR count). The topological polar surface area (TPSA) is 71.1 Å². The van der Waals surface area contributed by atoms with E-state index in [9.17, 15) is 9.00 Å². The number of nitrogens with zero attached hydrogens (tertiary/aromatic N) is 2. The maximum Gasteiger partial charge on any atom is 0.255 e. The second-order valence-corrected chi connectivity index (χ2v) is 10.6. The van der Waals surface area contributed by atoms with Crippen molar-refractivity contribution in [2.45, 2.75) is 37.1 Å². The van der Waals surface area contributed by atoms with E-state index in [-0.39, 0.29) is 17.4 Å². The van der Waals surface area contributed by atoms with Crippen LogP contribution in [0.3, 0.4) is 0 Å². The zero-order valence-electron chi connectivity index (χ0n) is 20.1. The van der Waals surface area contributed by atoms with Gasteiger partial charge in [0.15, 0.2) is 11.2 Å². The van der Waals surface area contributed by atoms with E-state index in [4.69, 9.17) is 9.47 Å². The van der Waals surface area contributed by atoms with Gasteiger partial charge in [0.1, 0.15) is 5.75 Å². The summed E-state index contributed by atoms with van der Waals surface area (Å²) in [4.78, 5) is 13.0. The highest BCUT2D eigenvalue weighted by Gasteiger charge is 2.39. The molecule has 184 valence electrons. The minimum Gasteiger partial charge on any atom is -0.496 e. The van der Waals surface area contributed by atoms with Crippen molar-refractivity contribution in [2.24, 2.45) is 0 Å². The number of carbonyl (C=O) groups is 1. The van der Waals surface area contributed by atoms with Crippen LogP contribution in [-0.2, 0) is 21.3 Å². The monoisotopic (exact) mass is 485 g/mol. The Labute approximate surface area is 205 Å². The van der Waals surface area contributed by atoms with Crippen LogP contribution >= 0.6 is 0 Å². The highest BCUT2D eigenvalue weighted by molar-refractivity contribution is 7.80. The third kappa shape index (κ3) is 5.51. The Kier molecular flexibility index (Phi) is 8.37. The normalized spacial score (nSPS) is 24.5. The van der Waals surface area contributed by atoms with Gasteiger partial charge in [0.2, 0.25) is 0 Å². The maximum absolute atomic E-state index is 13.1. The van der Waals surface area contributed by atoms with Gasteiger partial charge in [-0.1, -0.05) is 42.5 Å². The number of para-hydroxylation sites is 1. The quantitative estimate of drug-likeness (QED) is 0.624. The van der Waals surface area contributed by atoms with E-state index in [2.05, 4.69) is 29.6 Å². The molecule has 0 radical (unpaired) electrons. The summed E-state index contributed by atoms with van der Waals surface area (Å²) in [5.41, 5.74) is 1.63. The highest BCUT2D eigenvalue weighted by Crippen LogP contribution is 2.40. The molecule has 2 aliphatic rings. The first-order valence-corrected chi connectivity index (χ1v) is 13.0. The lowest BCUT2D eigenvalue weighted by molar-refractivity contribution is 0.0720. The number of hydrogen-bond acceptors (Lipinski definition) is 4. The molecular formula is C26H35N3O4S. The van der Waals surface area contributed by atoms with Gasteiger partial charge in [-0.3, -0.25) is 4.79 Å². The van der Waals surface area contributed by atoms with Gasteiger partial charge < -0.3 is 14.8 Å². The molecule has 34 heavy (non-hydrogen) atoms. The Hall–Kier alpha value is -2.26. The molecule has 0 spiro atoms. The van der Waals surface area contributed by atoms with Gasteiger partial charge >= 0.3 is 0 Å². The molecule has 1 aliphatic heterocycles. The third-order valence-electron chi connectivity index (χ3n) is 7.19. The summed E-state index contributed by atoms with van der Waals surface area (Å²) in [6.45, 7) is 3.22. The molecule has 1 saturated heterocycles. The summed E-state index contributed by atoms with van der Waals surface area (Å²) in [6, 6.07) is 18.0. The van der Waals surface area contributed by atoms with Gasteiger partial charge in [-0.15, -0.1) is 0 Å². The van der Waals surface area contributed by atoms with Gasteiger partial charge in [0.05, 0.1) is 25.9 Å². The Bertz CT molecular complexity index is 973. The molecule has 1 saturated carbocycles. The molecule has 1 atom stereocenters. The fraction of sp³-hybridized carbons (Fsp3) is 0.500. The van der Waals surface area contributed by atoms with Crippen molar-refractivity contribution in [2.75, 3.05) is 47.0 Å². The van der Waals surface area contributed by atoms with Crippen LogP contribution in [0.2, 0.25) is 0 Å². The van der Waals surface area contributed by atoms with Crippen molar-refractivity contribution in [1.82, 2.24) is 13.9 Å².